The van der Waals surface area contributed by atoms with Gasteiger partial charge in [-0.25, -0.2) is 4.39 Å². The van der Waals surface area contributed by atoms with Crippen LogP contribution in [0.1, 0.15) is 24.9 Å². The smallest absolute Gasteiger partial charge is 0.311 e. The van der Waals surface area contributed by atoms with E-state index in [4.69, 9.17) is 9.47 Å². The second-order valence-electron chi connectivity index (χ2n) is 5.36. The summed E-state index contributed by atoms with van der Waals surface area (Å²) < 4.78 is 24.6. The van der Waals surface area contributed by atoms with E-state index in [0.29, 0.717) is 25.3 Å². The number of rotatable bonds is 5. The average molecular weight is 332 g/mol. The van der Waals surface area contributed by atoms with Crippen molar-refractivity contribution >= 4 is 11.4 Å². The van der Waals surface area contributed by atoms with Crippen molar-refractivity contribution in [3.05, 3.63) is 57.9 Å². The molecule has 1 atom stereocenters. The van der Waals surface area contributed by atoms with E-state index in [1.165, 1.54) is 12.1 Å². The van der Waals surface area contributed by atoms with Gasteiger partial charge < -0.3 is 14.8 Å². The van der Waals surface area contributed by atoms with Gasteiger partial charge in [0.05, 0.1) is 24.2 Å². The Morgan fingerprint density at radius 3 is 3.00 bits per heavy atom. The van der Waals surface area contributed by atoms with E-state index in [2.05, 4.69) is 5.32 Å². The van der Waals surface area contributed by atoms with Crippen LogP contribution in [0.4, 0.5) is 15.8 Å². The van der Waals surface area contributed by atoms with Gasteiger partial charge in [-0.2, -0.15) is 0 Å². The summed E-state index contributed by atoms with van der Waals surface area (Å²) in [6.45, 7) is 2.49. The molecule has 1 heterocycles. The van der Waals surface area contributed by atoms with Gasteiger partial charge in [-0.1, -0.05) is 12.1 Å². The van der Waals surface area contributed by atoms with Gasteiger partial charge in [0, 0.05) is 29.8 Å². The molecule has 0 amide bonds. The molecule has 0 unspecified atom stereocenters. The van der Waals surface area contributed by atoms with Crippen LogP contribution in [0, 0.1) is 15.9 Å². The minimum absolute atomic E-state index is 0.0826. The normalized spacial score (nSPS) is 16.0. The third-order valence-corrected chi connectivity index (χ3v) is 3.82. The maximum absolute atomic E-state index is 13.8. The van der Waals surface area contributed by atoms with E-state index in [1.807, 2.05) is 6.07 Å². The van der Waals surface area contributed by atoms with Gasteiger partial charge in [0.25, 0.3) is 0 Å². The molecule has 0 spiro atoms. The number of nitro groups is 1. The Morgan fingerprint density at radius 1 is 1.42 bits per heavy atom. The first-order valence-corrected chi connectivity index (χ1v) is 7.69. The molecule has 0 saturated carbocycles. The van der Waals surface area contributed by atoms with Crippen molar-refractivity contribution in [1.29, 1.82) is 0 Å². The van der Waals surface area contributed by atoms with Gasteiger partial charge in [0.15, 0.2) is 17.3 Å². The Labute approximate surface area is 138 Å². The Bertz CT molecular complexity index is 766. The number of fused-ring (bicyclic) bond motifs is 1. The maximum Gasteiger partial charge on any atom is 0.311 e. The molecule has 0 bridgehead atoms. The number of nitro benzene ring substituents is 1. The van der Waals surface area contributed by atoms with Gasteiger partial charge in [-0.3, -0.25) is 10.1 Å². The van der Waals surface area contributed by atoms with Crippen LogP contribution in [0.5, 0.6) is 11.5 Å². The predicted octanol–water partition coefficient (Wildman–Crippen LogP) is 4.07. The van der Waals surface area contributed by atoms with E-state index >= 15 is 0 Å². The van der Waals surface area contributed by atoms with Crippen LogP contribution >= 0.6 is 0 Å². The molecule has 2 aromatic rings. The van der Waals surface area contributed by atoms with E-state index < -0.39 is 10.7 Å². The van der Waals surface area contributed by atoms with Crippen LogP contribution in [-0.2, 0) is 0 Å². The Kier molecular flexibility index (Phi) is 4.50. The molecule has 1 N–H and O–H groups in total. The number of benzene rings is 2. The lowest BCUT2D eigenvalue weighted by Crippen LogP contribution is -2.21. The molecule has 3 rings (SSSR count). The summed E-state index contributed by atoms with van der Waals surface area (Å²) in [5.74, 6) is 0.0740. The minimum Gasteiger partial charge on any atom is -0.490 e. The number of halogens is 1. The lowest BCUT2D eigenvalue weighted by atomic mass is 10.00. The van der Waals surface area contributed by atoms with Crippen molar-refractivity contribution in [2.45, 2.75) is 19.4 Å². The fourth-order valence-corrected chi connectivity index (χ4v) is 2.76. The average Bonchev–Trinajstić information content (AvgIpc) is 2.56. The fourth-order valence-electron chi connectivity index (χ4n) is 2.76. The third-order valence-electron chi connectivity index (χ3n) is 3.82. The van der Waals surface area contributed by atoms with Crippen LogP contribution in [-0.4, -0.2) is 18.1 Å². The lowest BCUT2D eigenvalue weighted by molar-refractivity contribution is -0.385. The quantitative estimate of drug-likeness (QED) is 0.660. The topological polar surface area (TPSA) is 73.6 Å². The van der Waals surface area contributed by atoms with Crippen LogP contribution in [0.25, 0.3) is 0 Å². The first kappa shape index (κ1) is 16.0. The van der Waals surface area contributed by atoms with E-state index in [9.17, 15) is 14.5 Å². The van der Waals surface area contributed by atoms with Crippen molar-refractivity contribution in [3.63, 3.8) is 0 Å². The molecule has 2 aromatic carbocycles. The molecule has 1 aliphatic heterocycles. The summed E-state index contributed by atoms with van der Waals surface area (Å²) in [5.41, 5.74) is 1.32. The highest BCUT2D eigenvalue weighted by Crippen LogP contribution is 2.37. The van der Waals surface area contributed by atoms with Crippen LogP contribution < -0.4 is 14.8 Å². The van der Waals surface area contributed by atoms with Crippen molar-refractivity contribution in [3.8, 4) is 11.5 Å². The zero-order valence-electron chi connectivity index (χ0n) is 13.1. The monoisotopic (exact) mass is 332 g/mol. The van der Waals surface area contributed by atoms with Crippen molar-refractivity contribution in [2.24, 2.45) is 0 Å². The molecule has 7 heteroatoms. The number of anilines is 1. The third kappa shape index (κ3) is 3.10. The number of hydrogen-bond donors (Lipinski definition) is 1. The summed E-state index contributed by atoms with van der Waals surface area (Å²) in [6.07, 6.45) is 0.664. The first-order chi connectivity index (χ1) is 11.6. The van der Waals surface area contributed by atoms with Crippen LogP contribution in [0.3, 0.4) is 0 Å². The van der Waals surface area contributed by atoms with Crippen LogP contribution in [0.2, 0.25) is 0 Å². The summed E-state index contributed by atoms with van der Waals surface area (Å²) in [5, 5.41) is 14.3. The van der Waals surface area contributed by atoms with Gasteiger partial charge in [0.1, 0.15) is 0 Å². The summed E-state index contributed by atoms with van der Waals surface area (Å²) in [7, 11) is 0. The van der Waals surface area contributed by atoms with Crippen molar-refractivity contribution in [1.82, 2.24) is 0 Å². The summed E-state index contributed by atoms with van der Waals surface area (Å²) in [4.78, 5) is 10.6. The summed E-state index contributed by atoms with van der Waals surface area (Å²) in [6, 6.07) is 9.29. The number of nitrogens with zero attached hydrogens (tertiary/aromatic N) is 1. The van der Waals surface area contributed by atoms with Crippen molar-refractivity contribution < 1.29 is 18.8 Å². The molecule has 126 valence electrons. The Morgan fingerprint density at radius 2 is 2.25 bits per heavy atom. The van der Waals surface area contributed by atoms with E-state index in [-0.39, 0.29) is 23.2 Å². The second-order valence-corrected chi connectivity index (χ2v) is 5.36. The molecule has 1 aliphatic rings. The maximum atomic E-state index is 13.8. The molecule has 0 saturated heterocycles. The van der Waals surface area contributed by atoms with Gasteiger partial charge in [-0.05, 0) is 19.1 Å². The van der Waals surface area contributed by atoms with E-state index in [0.717, 1.165) is 5.56 Å². The number of nitrogens with one attached hydrogen (secondary N) is 1. The molecule has 0 radical (unpaired) electrons. The zero-order valence-corrected chi connectivity index (χ0v) is 13.1. The number of para-hydroxylation sites is 1. The van der Waals surface area contributed by atoms with Gasteiger partial charge in [-0.15, -0.1) is 0 Å². The lowest BCUT2D eigenvalue weighted by Gasteiger charge is -2.27. The van der Waals surface area contributed by atoms with Gasteiger partial charge in [0.2, 0.25) is 0 Å². The molecule has 0 aromatic heterocycles. The molecular formula is C17H17FN2O4. The van der Waals surface area contributed by atoms with Crippen molar-refractivity contribution in [2.75, 3.05) is 18.5 Å². The number of ether oxygens (including phenoxy) is 2. The summed E-state index contributed by atoms with van der Waals surface area (Å²) >= 11 is 0. The standard InChI is InChI=1S/C17H17FN2O4/c1-2-23-16-10-11(6-7-15(16)20(21)22)19-14-8-9-24-17-12(14)4-3-5-13(17)18/h3-7,10,14,19H,2,8-9H2,1H3/t14-/m0/s1. The molecule has 24 heavy (non-hydrogen) atoms. The highest BCUT2D eigenvalue weighted by molar-refractivity contribution is 5.59. The first-order valence-electron chi connectivity index (χ1n) is 7.69. The molecular weight excluding hydrogens is 315 g/mol. The molecule has 0 aliphatic carbocycles. The molecule has 0 fully saturated rings. The highest BCUT2D eigenvalue weighted by Gasteiger charge is 2.24. The number of hydrogen-bond acceptors (Lipinski definition) is 5. The second kappa shape index (κ2) is 6.74. The largest absolute Gasteiger partial charge is 0.490 e. The zero-order chi connectivity index (χ0) is 17.1. The fraction of sp³-hybridized carbons (Fsp3) is 0.294. The minimum atomic E-state index is -0.478. The van der Waals surface area contributed by atoms with E-state index in [1.54, 1.807) is 25.1 Å². The Balaban J connectivity index is 1.89. The van der Waals surface area contributed by atoms with Gasteiger partial charge >= 0.3 is 5.69 Å². The highest BCUT2D eigenvalue weighted by atomic mass is 19.1. The van der Waals surface area contributed by atoms with Crippen LogP contribution in [0.15, 0.2) is 36.4 Å². The molecule has 6 nitrogen and oxygen atoms in total. The predicted molar refractivity (Wildman–Crippen MR) is 87.1 cm³/mol. The Hall–Kier alpha value is -2.83. The SMILES string of the molecule is CCOc1cc(N[C@H]2CCOc3c(F)cccc32)ccc1[N+](=O)[O-].